The predicted molar refractivity (Wildman–Crippen MR) is 107 cm³/mol. The Morgan fingerprint density at radius 1 is 1.00 bits per heavy atom. The predicted octanol–water partition coefficient (Wildman–Crippen LogP) is 6.15. The smallest absolute Gasteiger partial charge is 0.417 e. The molecule has 0 unspecified atom stereocenters. The first-order chi connectivity index (χ1) is 14.5. The van der Waals surface area contributed by atoms with E-state index in [1.165, 1.54) is 30.3 Å². The molecule has 1 amide bonds. The molecule has 11 heteroatoms. The van der Waals surface area contributed by atoms with E-state index in [0.29, 0.717) is 11.2 Å². The molecule has 1 aromatic heterocycles. The van der Waals surface area contributed by atoms with Crippen LogP contribution >= 0.6 is 23.2 Å². The van der Waals surface area contributed by atoms with Crippen molar-refractivity contribution in [2.75, 3.05) is 5.32 Å². The molecule has 1 heterocycles. The number of carbonyl (C=O) groups excluding carboxylic acids is 1. The molecule has 160 valence electrons. The number of hydrogen-bond donors (Lipinski definition) is 2. The molecule has 0 atom stereocenters. The van der Waals surface area contributed by atoms with Gasteiger partial charge in [0.25, 0.3) is 5.91 Å². The number of pyridine rings is 1. The summed E-state index contributed by atoms with van der Waals surface area (Å²) in [5, 5.41) is 12.3. The van der Waals surface area contributed by atoms with Crippen LogP contribution in [0.4, 0.5) is 18.9 Å². The van der Waals surface area contributed by atoms with Crippen molar-refractivity contribution in [3.05, 3.63) is 81.5 Å². The number of nitrogens with zero attached hydrogens (tertiary/aromatic N) is 1. The Labute approximate surface area is 183 Å². The molecular weight excluding hydrogens is 460 g/mol. The van der Waals surface area contributed by atoms with E-state index < -0.39 is 23.6 Å². The molecule has 3 aromatic rings. The molecular formula is C20H11Cl2F3N2O4. The van der Waals surface area contributed by atoms with Crippen LogP contribution in [0.25, 0.3) is 0 Å². The number of nitrogens with one attached hydrogen (secondary N) is 1. The summed E-state index contributed by atoms with van der Waals surface area (Å²) in [6, 6.07) is 9.68. The van der Waals surface area contributed by atoms with Crippen LogP contribution in [0.3, 0.4) is 0 Å². The third-order valence-electron chi connectivity index (χ3n) is 3.93. The normalized spacial score (nSPS) is 11.1. The van der Waals surface area contributed by atoms with Crippen LogP contribution in [-0.2, 0) is 6.18 Å². The topological polar surface area (TPSA) is 88.5 Å². The maximum Gasteiger partial charge on any atom is 0.417 e. The van der Waals surface area contributed by atoms with Crippen molar-refractivity contribution in [3.8, 4) is 11.6 Å². The zero-order valence-electron chi connectivity index (χ0n) is 15.2. The van der Waals surface area contributed by atoms with Gasteiger partial charge in [-0.15, -0.1) is 0 Å². The second-order valence-corrected chi connectivity index (χ2v) is 6.92. The summed E-state index contributed by atoms with van der Waals surface area (Å²) in [7, 11) is 0. The second kappa shape index (κ2) is 8.83. The molecule has 0 aliphatic carbocycles. The third-order valence-corrected chi connectivity index (χ3v) is 4.48. The summed E-state index contributed by atoms with van der Waals surface area (Å²) in [6.45, 7) is 0. The summed E-state index contributed by atoms with van der Waals surface area (Å²) >= 11 is 11.8. The summed E-state index contributed by atoms with van der Waals surface area (Å²) in [5.41, 5.74) is -1.24. The lowest BCUT2D eigenvalue weighted by molar-refractivity contribution is -0.137. The highest BCUT2D eigenvalue weighted by Crippen LogP contribution is 2.31. The number of aromatic carboxylic acids is 1. The molecule has 3 rings (SSSR count). The number of benzene rings is 2. The summed E-state index contributed by atoms with van der Waals surface area (Å²) < 4.78 is 43.1. The van der Waals surface area contributed by atoms with Crippen LogP contribution in [0.1, 0.15) is 26.3 Å². The third kappa shape index (κ3) is 5.44. The molecule has 0 aliphatic rings. The Hall–Kier alpha value is -3.30. The fourth-order valence-corrected chi connectivity index (χ4v) is 2.96. The quantitative estimate of drug-likeness (QED) is 0.466. The van der Waals surface area contributed by atoms with Gasteiger partial charge in [-0.1, -0.05) is 23.2 Å². The lowest BCUT2D eigenvalue weighted by atomic mass is 10.1. The van der Waals surface area contributed by atoms with E-state index in [9.17, 15) is 27.9 Å². The molecule has 2 aromatic carbocycles. The van der Waals surface area contributed by atoms with Gasteiger partial charge in [0, 0.05) is 17.3 Å². The van der Waals surface area contributed by atoms with Crippen molar-refractivity contribution >= 4 is 40.8 Å². The van der Waals surface area contributed by atoms with E-state index in [2.05, 4.69) is 10.3 Å². The maximum absolute atomic E-state index is 12.6. The summed E-state index contributed by atoms with van der Waals surface area (Å²) in [4.78, 5) is 27.6. The standard InChI is InChI=1S/C20H11Cl2F3N2O4/c21-11-2-4-13(15(22)7-11)18(28)27-16-5-3-12(8-14(16)19(29)30)31-17-6-1-10(9-26-17)20(23,24)25/h1-9H,(H,27,28)(H,29,30). The minimum Gasteiger partial charge on any atom is -0.478 e. The maximum atomic E-state index is 12.6. The van der Waals surface area contributed by atoms with Crippen molar-refractivity contribution < 1.29 is 32.6 Å². The van der Waals surface area contributed by atoms with Crippen molar-refractivity contribution in [3.63, 3.8) is 0 Å². The first-order valence-electron chi connectivity index (χ1n) is 8.39. The van der Waals surface area contributed by atoms with Crippen molar-refractivity contribution in [2.24, 2.45) is 0 Å². The fourth-order valence-electron chi connectivity index (χ4n) is 2.47. The van der Waals surface area contributed by atoms with Crippen molar-refractivity contribution in [2.45, 2.75) is 6.18 Å². The Morgan fingerprint density at radius 2 is 1.74 bits per heavy atom. The zero-order valence-corrected chi connectivity index (χ0v) is 16.7. The van der Waals surface area contributed by atoms with Gasteiger partial charge in [0.15, 0.2) is 0 Å². The number of hydrogen-bond acceptors (Lipinski definition) is 4. The highest BCUT2D eigenvalue weighted by Gasteiger charge is 2.30. The van der Waals surface area contributed by atoms with E-state index in [4.69, 9.17) is 27.9 Å². The number of ether oxygens (including phenoxy) is 1. The van der Waals surface area contributed by atoms with E-state index in [1.807, 2.05) is 0 Å². The summed E-state index contributed by atoms with van der Waals surface area (Å²) in [6.07, 6.45) is -3.95. The van der Waals surface area contributed by atoms with Gasteiger partial charge in [0.05, 0.1) is 27.4 Å². The molecule has 0 bridgehead atoms. The molecule has 0 saturated heterocycles. The van der Waals surface area contributed by atoms with E-state index in [0.717, 1.165) is 18.2 Å². The number of carboxylic acid groups (broad SMARTS) is 1. The van der Waals surface area contributed by atoms with E-state index in [1.54, 1.807) is 0 Å². The first-order valence-corrected chi connectivity index (χ1v) is 9.15. The average Bonchev–Trinajstić information content (AvgIpc) is 2.68. The average molecular weight is 471 g/mol. The molecule has 0 saturated carbocycles. The first kappa shape index (κ1) is 22.4. The number of halogens is 5. The lowest BCUT2D eigenvalue weighted by Crippen LogP contribution is -2.15. The molecule has 0 aliphatic heterocycles. The van der Waals surface area contributed by atoms with Crippen molar-refractivity contribution in [1.82, 2.24) is 4.98 Å². The Balaban J connectivity index is 1.82. The number of amides is 1. The SMILES string of the molecule is O=C(Nc1ccc(Oc2ccc(C(F)(F)F)cn2)cc1C(=O)O)c1ccc(Cl)cc1Cl. The van der Waals surface area contributed by atoms with Gasteiger partial charge in [-0.3, -0.25) is 4.79 Å². The van der Waals surface area contributed by atoms with Crippen LogP contribution in [0, 0.1) is 0 Å². The van der Waals surface area contributed by atoms with Crippen molar-refractivity contribution in [1.29, 1.82) is 0 Å². The number of anilines is 1. The minimum atomic E-state index is -4.55. The molecule has 6 nitrogen and oxygen atoms in total. The highest BCUT2D eigenvalue weighted by molar-refractivity contribution is 6.37. The van der Waals surface area contributed by atoms with Gasteiger partial charge in [-0.2, -0.15) is 13.2 Å². The van der Waals surface area contributed by atoms with Gasteiger partial charge >= 0.3 is 12.1 Å². The molecule has 0 radical (unpaired) electrons. The van der Waals surface area contributed by atoms with Gasteiger partial charge in [0.1, 0.15) is 5.75 Å². The number of carboxylic acids is 1. The second-order valence-electron chi connectivity index (χ2n) is 6.08. The number of alkyl halides is 3. The molecule has 0 fully saturated rings. The van der Waals surface area contributed by atoms with Crippen LogP contribution in [0.2, 0.25) is 10.0 Å². The largest absolute Gasteiger partial charge is 0.478 e. The number of aromatic nitrogens is 1. The zero-order chi connectivity index (χ0) is 22.8. The lowest BCUT2D eigenvalue weighted by Gasteiger charge is -2.12. The molecule has 2 N–H and O–H groups in total. The minimum absolute atomic E-state index is 0.00724. The Bertz CT molecular complexity index is 1150. The highest BCUT2D eigenvalue weighted by atomic mass is 35.5. The van der Waals surface area contributed by atoms with Crippen LogP contribution in [-0.4, -0.2) is 22.0 Å². The molecule has 31 heavy (non-hydrogen) atoms. The van der Waals surface area contributed by atoms with Gasteiger partial charge < -0.3 is 15.2 Å². The van der Waals surface area contributed by atoms with E-state index >= 15 is 0 Å². The molecule has 0 spiro atoms. The fraction of sp³-hybridized carbons (Fsp3) is 0.0500. The van der Waals surface area contributed by atoms with E-state index in [-0.39, 0.29) is 33.5 Å². The van der Waals surface area contributed by atoms with Crippen LogP contribution in [0.15, 0.2) is 54.7 Å². The number of carbonyl (C=O) groups is 2. The van der Waals surface area contributed by atoms with Crippen LogP contribution < -0.4 is 10.1 Å². The monoisotopic (exact) mass is 470 g/mol. The summed E-state index contributed by atoms with van der Waals surface area (Å²) in [5.74, 6) is -2.22. The Kier molecular flexibility index (Phi) is 6.37. The van der Waals surface area contributed by atoms with Gasteiger partial charge in [0.2, 0.25) is 5.88 Å². The Morgan fingerprint density at radius 3 is 2.32 bits per heavy atom. The van der Waals surface area contributed by atoms with Gasteiger partial charge in [-0.25, -0.2) is 9.78 Å². The van der Waals surface area contributed by atoms with Crippen LogP contribution in [0.5, 0.6) is 11.6 Å². The number of rotatable bonds is 5. The van der Waals surface area contributed by atoms with Gasteiger partial charge in [-0.05, 0) is 42.5 Å².